The van der Waals surface area contributed by atoms with Crippen LogP contribution < -0.4 is 9.47 Å². The van der Waals surface area contributed by atoms with Gasteiger partial charge in [-0.15, -0.1) is 10.2 Å². The van der Waals surface area contributed by atoms with E-state index < -0.39 is 0 Å². The molecule has 168 valence electrons. The van der Waals surface area contributed by atoms with Crippen LogP contribution in [-0.2, 0) is 11.3 Å². The molecule has 0 aliphatic carbocycles. The van der Waals surface area contributed by atoms with Crippen molar-refractivity contribution in [3.63, 3.8) is 0 Å². The molecule has 1 aliphatic rings. The Bertz CT molecular complexity index is 1070. The lowest BCUT2D eigenvalue weighted by atomic mass is 10.0. The molecular weight excluding hydrogens is 424 g/mol. The van der Waals surface area contributed by atoms with Gasteiger partial charge in [-0.3, -0.25) is 4.79 Å². The zero-order valence-electron chi connectivity index (χ0n) is 18.7. The molecular formula is C24H28N4O3S. The van der Waals surface area contributed by atoms with Crippen molar-refractivity contribution in [3.05, 3.63) is 65.5 Å². The van der Waals surface area contributed by atoms with Gasteiger partial charge in [0.1, 0.15) is 17.3 Å². The van der Waals surface area contributed by atoms with Crippen LogP contribution in [0.1, 0.15) is 35.8 Å². The number of amides is 1. The van der Waals surface area contributed by atoms with Gasteiger partial charge >= 0.3 is 0 Å². The maximum absolute atomic E-state index is 13.2. The predicted octanol–water partition coefficient (Wildman–Crippen LogP) is 4.11. The molecule has 1 unspecified atom stereocenters. The van der Waals surface area contributed by atoms with Gasteiger partial charge in [-0.2, -0.15) is 0 Å². The minimum Gasteiger partial charge on any atom is -0.497 e. The van der Waals surface area contributed by atoms with E-state index >= 15 is 0 Å². The lowest BCUT2D eigenvalue weighted by molar-refractivity contribution is -0.129. The van der Waals surface area contributed by atoms with Gasteiger partial charge in [0.25, 0.3) is 0 Å². The lowest BCUT2D eigenvalue weighted by Gasteiger charge is -2.26. The van der Waals surface area contributed by atoms with Gasteiger partial charge in [-0.05, 0) is 37.5 Å². The van der Waals surface area contributed by atoms with Crippen molar-refractivity contribution >= 4 is 17.7 Å². The molecule has 1 saturated heterocycles. The van der Waals surface area contributed by atoms with E-state index in [1.165, 1.54) is 17.3 Å². The third-order valence-electron chi connectivity index (χ3n) is 5.78. The number of ether oxygens (including phenoxy) is 2. The van der Waals surface area contributed by atoms with Crippen LogP contribution in [0.15, 0.2) is 53.7 Å². The predicted molar refractivity (Wildman–Crippen MR) is 124 cm³/mol. The molecule has 1 aliphatic heterocycles. The highest BCUT2D eigenvalue weighted by Crippen LogP contribution is 2.39. The summed E-state index contributed by atoms with van der Waals surface area (Å²) < 4.78 is 13.0. The molecule has 1 amide bonds. The molecule has 1 fully saturated rings. The Kier molecular flexibility index (Phi) is 6.99. The zero-order chi connectivity index (χ0) is 22.5. The number of thioether (sulfide) groups is 1. The van der Waals surface area contributed by atoms with Crippen LogP contribution in [0.4, 0.5) is 0 Å². The highest BCUT2D eigenvalue weighted by molar-refractivity contribution is 7.99. The monoisotopic (exact) mass is 452 g/mol. The summed E-state index contributed by atoms with van der Waals surface area (Å²) >= 11 is 1.44. The third-order valence-corrected chi connectivity index (χ3v) is 6.73. The molecule has 2 aromatic carbocycles. The van der Waals surface area contributed by atoms with Crippen molar-refractivity contribution in [3.8, 4) is 11.5 Å². The molecule has 0 bridgehead atoms. The fraction of sp³-hybridized carbons (Fsp3) is 0.375. The molecule has 7 nitrogen and oxygen atoms in total. The maximum atomic E-state index is 13.2. The quantitative estimate of drug-likeness (QED) is 0.479. The van der Waals surface area contributed by atoms with Crippen molar-refractivity contribution in [2.45, 2.75) is 37.5 Å². The number of likely N-dealkylation sites (tertiary alicyclic amines) is 1. The van der Waals surface area contributed by atoms with Crippen molar-refractivity contribution in [2.75, 3.05) is 26.5 Å². The van der Waals surface area contributed by atoms with E-state index in [0.29, 0.717) is 12.3 Å². The van der Waals surface area contributed by atoms with Crippen LogP contribution in [-0.4, -0.2) is 52.1 Å². The van der Waals surface area contributed by atoms with E-state index in [9.17, 15) is 4.79 Å². The minimum atomic E-state index is 0.00730. The summed E-state index contributed by atoms with van der Waals surface area (Å²) in [4.78, 5) is 15.1. The van der Waals surface area contributed by atoms with E-state index in [0.717, 1.165) is 47.4 Å². The Balaban J connectivity index is 1.46. The smallest absolute Gasteiger partial charge is 0.233 e. The molecule has 0 radical (unpaired) electrons. The van der Waals surface area contributed by atoms with Gasteiger partial charge in [-0.25, -0.2) is 0 Å². The first-order valence-corrected chi connectivity index (χ1v) is 11.7. The van der Waals surface area contributed by atoms with Crippen molar-refractivity contribution in [1.82, 2.24) is 19.7 Å². The molecule has 1 aromatic heterocycles. The number of hydrogen-bond acceptors (Lipinski definition) is 6. The SMILES string of the molecule is COc1ccc(C2CCCN2C(=O)CSc2nnc(C)n2Cc2ccccc2)c(OC)c1. The first kappa shape index (κ1) is 22.2. The molecule has 8 heteroatoms. The summed E-state index contributed by atoms with van der Waals surface area (Å²) in [7, 11) is 3.28. The molecule has 1 atom stereocenters. The van der Waals surface area contributed by atoms with Crippen LogP contribution in [0.25, 0.3) is 0 Å². The second kappa shape index (κ2) is 10.1. The topological polar surface area (TPSA) is 69.5 Å². The third kappa shape index (κ3) is 4.75. The van der Waals surface area contributed by atoms with Crippen LogP contribution in [0, 0.1) is 6.92 Å². The van der Waals surface area contributed by atoms with Gasteiger partial charge < -0.3 is 18.9 Å². The van der Waals surface area contributed by atoms with E-state index in [-0.39, 0.29) is 11.9 Å². The van der Waals surface area contributed by atoms with Crippen molar-refractivity contribution in [1.29, 1.82) is 0 Å². The number of hydrogen-bond donors (Lipinski definition) is 0. The van der Waals surface area contributed by atoms with E-state index in [2.05, 4.69) is 26.9 Å². The molecule has 3 aromatic rings. The minimum absolute atomic E-state index is 0.00730. The highest BCUT2D eigenvalue weighted by Gasteiger charge is 2.32. The molecule has 32 heavy (non-hydrogen) atoms. The number of nitrogens with zero attached hydrogens (tertiary/aromatic N) is 4. The molecule has 2 heterocycles. The van der Waals surface area contributed by atoms with Crippen molar-refractivity contribution in [2.24, 2.45) is 0 Å². The average molecular weight is 453 g/mol. The van der Waals surface area contributed by atoms with Gasteiger partial charge in [-0.1, -0.05) is 42.1 Å². The first-order valence-electron chi connectivity index (χ1n) is 10.7. The van der Waals surface area contributed by atoms with E-state index in [4.69, 9.17) is 9.47 Å². The number of aromatic nitrogens is 3. The Hall–Kier alpha value is -3.00. The summed E-state index contributed by atoms with van der Waals surface area (Å²) in [5.41, 5.74) is 2.20. The number of rotatable bonds is 8. The first-order chi connectivity index (χ1) is 15.6. The van der Waals surface area contributed by atoms with Crippen LogP contribution >= 0.6 is 11.8 Å². The standard InChI is InChI=1S/C24H28N4O3S/c1-17-25-26-24(28(17)15-18-8-5-4-6-9-18)32-16-23(29)27-13-7-10-21(27)20-12-11-19(30-2)14-22(20)31-3/h4-6,8-9,11-12,14,21H,7,10,13,15-16H2,1-3H3. The van der Waals surface area contributed by atoms with Gasteiger partial charge in [0, 0.05) is 18.2 Å². The van der Waals surface area contributed by atoms with Gasteiger partial charge in [0.05, 0.1) is 32.6 Å². The number of methoxy groups -OCH3 is 2. The summed E-state index contributed by atoms with van der Waals surface area (Å²) in [5, 5.41) is 9.30. The highest BCUT2D eigenvalue weighted by atomic mass is 32.2. The Morgan fingerprint density at radius 2 is 1.94 bits per heavy atom. The fourth-order valence-corrected chi connectivity index (χ4v) is 4.98. The van der Waals surface area contributed by atoms with Gasteiger partial charge in [0.2, 0.25) is 5.91 Å². The van der Waals surface area contributed by atoms with E-state index in [1.54, 1.807) is 14.2 Å². The number of carbonyl (C=O) groups is 1. The van der Waals surface area contributed by atoms with Crippen molar-refractivity contribution < 1.29 is 14.3 Å². The summed E-state index contributed by atoms with van der Waals surface area (Å²) in [6.45, 7) is 3.37. The fourth-order valence-electron chi connectivity index (χ4n) is 4.11. The maximum Gasteiger partial charge on any atom is 0.233 e. The second-order valence-corrected chi connectivity index (χ2v) is 8.69. The average Bonchev–Trinajstić information content (AvgIpc) is 3.45. The molecule has 4 rings (SSSR count). The largest absolute Gasteiger partial charge is 0.497 e. The van der Waals surface area contributed by atoms with Crippen LogP contribution in [0.5, 0.6) is 11.5 Å². The summed E-state index contributed by atoms with van der Waals surface area (Å²) in [5.74, 6) is 2.75. The summed E-state index contributed by atoms with van der Waals surface area (Å²) in [6.07, 6.45) is 1.89. The molecule has 0 N–H and O–H groups in total. The zero-order valence-corrected chi connectivity index (χ0v) is 19.5. The van der Waals surface area contributed by atoms with E-state index in [1.807, 2.05) is 48.2 Å². The number of aryl methyl sites for hydroxylation is 1. The van der Waals surface area contributed by atoms with Crippen LogP contribution in [0.2, 0.25) is 0 Å². The van der Waals surface area contributed by atoms with Gasteiger partial charge in [0.15, 0.2) is 5.16 Å². The lowest BCUT2D eigenvalue weighted by Crippen LogP contribution is -2.32. The molecule has 0 spiro atoms. The number of carbonyl (C=O) groups excluding carboxylic acids is 1. The Labute approximate surface area is 192 Å². The Morgan fingerprint density at radius 1 is 1.12 bits per heavy atom. The normalized spacial score (nSPS) is 15.7. The number of benzene rings is 2. The second-order valence-electron chi connectivity index (χ2n) is 7.74. The summed E-state index contributed by atoms with van der Waals surface area (Å²) in [6, 6.07) is 16.0. The Morgan fingerprint density at radius 3 is 2.69 bits per heavy atom. The van der Waals surface area contributed by atoms with Crippen LogP contribution in [0.3, 0.4) is 0 Å². The molecule has 0 saturated carbocycles.